The number of aromatic nitrogens is 3. The summed E-state index contributed by atoms with van der Waals surface area (Å²) in [5, 5.41) is 7.93. The Bertz CT molecular complexity index is 518. The Morgan fingerprint density at radius 1 is 1.57 bits per heavy atom. The van der Waals surface area contributed by atoms with E-state index in [9.17, 15) is 0 Å². The van der Waals surface area contributed by atoms with E-state index in [0.29, 0.717) is 12.2 Å². The molecule has 2 aromatic rings. The number of nitrogens with zero attached hydrogens (tertiary/aromatic N) is 4. The molecule has 0 amide bonds. The predicted octanol–water partition coefficient (Wildman–Crippen LogP) is 2.17. The molecule has 0 aliphatic rings. The SMILES string of the molecule is [C-]#[N+]c1ccc2nnn(CC=C)c2c1. The molecule has 0 fully saturated rings. The first kappa shape index (κ1) is 8.45. The summed E-state index contributed by atoms with van der Waals surface area (Å²) in [6.07, 6.45) is 1.75. The van der Waals surface area contributed by atoms with Gasteiger partial charge in [-0.1, -0.05) is 17.4 Å². The van der Waals surface area contributed by atoms with Gasteiger partial charge in [-0.15, -0.1) is 11.7 Å². The Balaban J connectivity index is 2.64. The molecule has 1 aromatic carbocycles. The molecule has 14 heavy (non-hydrogen) atoms. The van der Waals surface area contributed by atoms with Crippen molar-refractivity contribution in [3.05, 3.63) is 42.3 Å². The highest BCUT2D eigenvalue weighted by molar-refractivity contribution is 5.78. The van der Waals surface area contributed by atoms with Crippen molar-refractivity contribution in [2.75, 3.05) is 0 Å². The zero-order valence-corrected chi connectivity index (χ0v) is 7.51. The lowest BCUT2D eigenvalue weighted by Gasteiger charge is -1.96. The van der Waals surface area contributed by atoms with Crippen LogP contribution in [0.25, 0.3) is 15.9 Å². The van der Waals surface area contributed by atoms with Crippen molar-refractivity contribution >= 4 is 16.7 Å². The highest BCUT2D eigenvalue weighted by Gasteiger charge is 2.03. The number of fused-ring (bicyclic) bond motifs is 1. The van der Waals surface area contributed by atoms with Gasteiger partial charge < -0.3 is 0 Å². The second kappa shape index (κ2) is 3.30. The van der Waals surface area contributed by atoms with E-state index in [4.69, 9.17) is 6.57 Å². The van der Waals surface area contributed by atoms with E-state index in [1.165, 1.54) is 0 Å². The topological polar surface area (TPSA) is 35.1 Å². The van der Waals surface area contributed by atoms with Crippen molar-refractivity contribution in [2.45, 2.75) is 6.54 Å². The summed E-state index contributed by atoms with van der Waals surface area (Å²) in [4.78, 5) is 3.36. The van der Waals surface area contributed by atoms with Crippen molar-refractivity contribution in [1.29, 1.82) is 0 Å². The van der Waals surface area contributed by atoms with Gasteiger partial charge in [0.1, 0.15) is 5.52 Å². The fourth-order valence-electron chi connectivity index (χ4n) is 1.28. The molecule has 0 unspecified atom stereocenters. The van der Waals surface area contributed by atoms with Gasteiger partial charge in [0.05, 0.1) is 18.6 Å². The molecular formula is C10H8N4. The van der Waals surface area contributed by atoms with E-state index < -0.39 is 0 Å². The van der Waals surface area contributed by atoms with Gasteiger partial charge in [-0.2, -0.15) is 0 Å². The van der Waals surface area contributed by atoms with E-state index in [1.807, 2.05) is 0 Å². The zero-order valence-electron chi connectivity index (χ0n) is 7.51. The van der Waals surface area contributed by atoms with Gasteiger partial charge in [0, 0.05) is 0 Å². The quantitative estimate of drug-likeness (QED) is 0.529. The fraction of sp³-hybridized carbons (Fsp3) is 0.100. The van der Waals surface area contributed by atoms with E-state index >= 15 is 0 Å². The third kappa shape index (κ3) is 1.25. The van der Waals surface area contributed by atoms with Crippen LogP contribution in [0.3, 0.4) is 0 Å². The van der Waals surface area contributed by atoms with Gasteiger partial charge in [0.15, 0.2) is 5.69 Å². The van der Waals surface area contributed by atoms with E-state index in [2.05, 4.69) is 21.7 Å². The third-order valence-corrected chi connectivity index (χ3v) is 1.93. The Morgan fingerprint density at radius 3 is 3.14 bits per heavy atom. The molecule has 68 valence electrons. The van der Waals surface area contributed by atoms with Crippen molar-refractivity contribution < 1.29 is 0 Å². The lowest BCUT2D eigenvalue weighted by molar-refractivity contribution is 0.683. The molecule has 0 atom stereocenters. The van der Waals surface area contributed by atoms with Crippen LogP contribution in [0.5, 0.6) is 0 Å². The largest absolute Gasteiger partial charge is 0.242 e. The predicted molar refractivity (Wildman–Crippen MR) is 54.0 cm³/mol. The minimum absolute atomic E-state index is 0.602. The summed E-state index contributed by atoms with van der Waals surface area (Å²) in [7, 11) is 0. The second-order valence-electron chi connectivity index (χ2n) is 2.85. The normalized spacial score (nSPS) is 9.93. The fourth-order valence-corrected chi connectivity index (χ4v) is 1.28. The molecule has 0 aliphatic heterocycles. The van der Waals surface area contributed by atoms with Gasteiger partial charge >= 0.3 is 0 Å². The van der Waals surface area contributed by atoms with Crippen LogP contribution in [-0.4, -0.2) is 15.0 Å². The van der Waals surface area contributed by atoms with Gasteiger partial charge in [-0.05, 0) is 12.1 Å². The number of rotatable bonds is 2. The molecule has 4 heteroatoms. The Kier molecular flexibility index (Phi) is 1.99. The monoisotopic (exact) mass is 184 g/mol. The van der Waals surface area contributed by atoms with Crippen LogP contribution in [0.15, 0.2) is 30.9 Å². The van der Waals surface area contributed by atoms with Crippen LogP contribution in [-0.2, 0) is 6.54 Å². The third-order valence-electron chi connectivity index (χ3n) is 1.93. The van der Waals surface area contributed by atoms with Gasteiger partial charge in [0.2, 0.25) is 0 Å². The first-order valence-electron chi connectivity index (χ1n) is 4.17. The average Bonchev–Trinajstić information content (AvgIpc) is 2.61. The maximum absolute atomic E-state index is 6.90. The molecular weight excluding hydrogens is 176 g/mol. The highest BCUT2D eigenvalue weighted by Crippen LogP contribution is 2.19. The summed E-state index contributed by atoms with van der Waals surface area (Å²) in [5.41, 5.74) is 2.28. The van der Waals surface area contributed by atoms with Crippen LogP contribution in [0.4, 0.5) is 5.69 Å². The maximum Gasteiger partial charge on any atom is 0.189 e. The van der Waals surface area contributed by atoms with Crippen molar-refractivity contribution in [3.63, 3.8) is 0 Å². The minimum atomic E-state index is 0.602. The summed E-state index contributed by atoms with van der Waals surface area (Å²) in [5.74, 6) is 0. The Hall–Kier alpha value is -2.15. The first-order chi connectivity index (χ1) is 6.85. The van der Waals surface area contributed by atoms with Crippen LogP contribution in [0.1, 0.15) is 0 Å². The molecule has 0 saturated heterocycles. The van der Waals surface area contributed by atoms with Crippen LogP contribution < -0.4 is 0 Å². The maximum atomic E-state index is 6.90. The summed E-state index contributed by atoms with van der Waals surface area (Å²) in [6, 6.07) is 5.32. The summed E-state index contributed by atoms with van der Waals surface area (Å²) >= 11 is 0. The Labute approximate surface area is 81.3 Å². The van der Waals surface area contributed by atoms with Crippen molar-refractivity contribution in [2.24, 2.45) is 0 Å². The molecule has 1 aromatic heterocycles. The molecule has 0 spiro atoms. The lowest BCUT2D eigenvalue weighted by Crippen LogP contribution is -1.96. The van der Waals surface area contributed by atoms with Crippen LogP contribution >= 0.6 is 0 Å². The molecule has 0 radical (unpaired) electrons. The van der Waals surface area contributed by atoms with Gasteiger partial charge in [-0.25, -0.2) is 9.53 Å². The first-order valence-corrected chi connectivity index (χ1v) is 4.17. The van der Waals surface area contributed by atoms with E-state index in [1.54, 1.807) is 29.0 Å². The molecule has 0 N–H and O–H groups in total. The van der Waals surface area contributed by atoms with Gasteiger partial charge in [-0.3, -0.25) is 0 Å². The smallest absolute Gasteiger partial charge is 0.189 e. The molecule has 0 bridgehead atoms. The summed E-state index contributed by atoms with van der Waals surface area (Å²) in [6.45, 7) is 11.1. The van der Waals surface area contributed by atoms with Gasteiger partial charge in [0.25, 0.3) is 0 Å². The van der Waals surface area contributed by atoms with E-state index in [0.717, 1.165) is 11.0 Å². The van der Waals surface area contributed by atoms with Crippen molar-refractivity contribution in [3.8, 4) is 0 Å². The van der Waals surface area contributed by atoms with E-state index in [-0.39, 0.29) is 0 Å². The van der Waals surface area contributed by atoms with Crippen molar-refractivity contribution in [1.82, 2.24) is 15.0 Å². The number of benzene rings is 1. The highest BCUT2D eigenvalue weighted by atomic mass is 15.4. The molecule has 0 aliphatic carbocycles. The average molecular weight is 184 g/mol. The number of allylic oxidation sites excluding steroid dienone is 1. The molecule has 2 rings (SSSR count). The minimum Gasteiger partial charge on any atom is -0.242 e. The molecule has 0 saturated carbocycles. The number of hydrogen-bond donors (Lipinski definition) is 0. The lowest BCUT2D eigenvalue weighted by atomic mass is 10.3. The van der Waals surface area contributed by atoms with Crippen LogP contribution in [0, 0.1) is 6.57 Å². The molecule has 4 nitrogen and oxygen atoms in total. The Morgan fingerprint density at radius 2 is 2.43 bits per heavy atom. The summed E-state index contributed by atoms with van der Waals surface area (Å²) < 4.78 is 1.72. The van der Waals surface area contributed by atoms with Crippen LogP contribution in [0.2, 0.25) is 0 Å². The zero-order chi connectivity index (χ0) is 9.97. The molecule has 1 heterocycles. The number of hydrogen-bond acceptors (Lipinski definition) is 2. The second-order valence-corrected chi connectivity index (χ2v) is 2.85. The standard InChI is InChI=1S/C10H8N4/c1-3-6-14-10-7-8(11-2)4-5-9(10)12-13-14/h3-5,7H,1,6H2.